The summed E-state index contributed by atoms with van der Waals surface area (Å²) >= 11 is 0. The standard InChI is InChI=1S/C14H26N2O/c1-2-3-4-5-6-14(17)16-12-7-8-13(16)10-11(15)9-12/h11-13H,2-10,15H2,1H3. The smallest absolute Gasteiger partial charge is 0.223 e. The highest BCUT2D eigenvalue weighted by molar-refractivity contribution is 5.77. The lowest BCUT2D eigenvalue weighted by Crippen LogP contribution is -2.50. The number of carbonyl (C=O) groups is 1. The first-order chi connectivity index (χ1) is 8.22. The molecule has 98 valence electrons. The molecular formula is C14H26N2O. The first kappa shape index (κ1) is 12.9. The van der Waals surface area contributed by atoms with Crippen molar-refractivity contribution in [3.63, 3.8) is 0 Å². The fraction of sp³-hybridized carbons (Fsp3) is 0.929. The maximum Gasteiger partial charge on any atom is 0.223 e. The molecule has 2 N–H and O–H groups in total. The third-order valence-electron chi connectivity index (χ3n) is 4.30. The van der Waals surface area contributed by atoms with E-state index in [1.54, 1.807) is 0 Å². The lowest BCUT2D eigenvalue weighted by Gasteiger charge is -2.37. The number of nitrogens with two attached hydrogens (primary N) is 1. The Hall–Kier alpha value is -0.570. The van der Waals surface area contributed by atoms with Crippen molar-refractivity contribution in [1.29, 1.82) is 0 Å². The molecule has 0 radical (unpaired) electrons. The van der Waals surface area contributed by atoms with Crippen LogP contribution in [0.4, 0.5) is 0 Å². The molecule has 3 nitrogen and oxygen atoms in total. The van der Waals surface area contributed by atoms with Crippen molar-refractivity contribution in [1.82, 2.24) is 4.90 Å². The van der Waals surface area contributed by atoms with Gasteiger partial charge in [0.15, 0.2) is 0 Å². The SMILES string of the molecule is CCCCCCC(=O)N1C2CCC1CC(N)C2. The molecule has 17 heavy (non-hydrogen) atoms. The number of hydrogen-bond acceptors (Lipinski definition) is 2. The van der Waals surface area contributed by atoms with Gasteiger partial charge >= 0.3 is 0 Å². The van der Waals surface area contributed by atoms with Crippen molar-refractivity contribution >= 4 is 5.91 Å². The first-order valence-electron chi connectivity index (χ1n) is 7.29. The Labute approximate surface area is 105 Å². The van der Waals surface area contributed by atoms with Crippen molar-refractivity contribution in [2.24, 2.45) is 5.73 Å². The number of piperidine rings is 1. The monoisotopic (exact) mass is 238 g/mol. The van der Waals surface area contributed by atoms with Gasteiger partial charge in [-0.05, 0) is 32.1 Å². The van der Waals surface area contributed by atoms with Gasteiger partial charge < -0.3 is 10.6 Å². The van der Waals surface area contributed by atoms with Gasteiger partial charge in [0.25, 0.3) is 0 Å². The lowest BCUT2D eigenvalue weighted by molar-refractivity contribution is -0.135. The summed E-state index contributed by atoms with van der Waals surface area (Å²) in [6, 6.07) is 1.25. The summed E-state index contributed by atoms with van der Waals surface area (Å²) in [4.78, 5) is 14.4. The van der Waals surface area contributed by atoms with Gasteiger partial charge in [-0.25, -0.2) is 0 Å². The zero-order chi connectivity index (χ0) is 12.3. The van der Waals surface area contributed by atoms with E-state index in [0.29, 0.717) is 24.0 Å². The van der Waals surface area contributed by atoms with Crippen LogP contribution in [0, 0.1) is 0 Å². The van der Waals surface area contributed by atoms with E-state index in [-0.39, 0.29) is 0 Å². The van der Waals surface area contributed by atoms with E-state index < -0.39 is 0 Å². The highest BCUT2D eigenvalue weighted by atomic mass is 16.2. The summed E-state index contributed by atoms with van der Waals surface area (Å²) in [7, 11) is 0. The summed E-state index contributed by atoms with van der Waals surface area (Å²) in [5.74, 6) is 0.389. The van der Waals surface area contributed by atoms with E-state index in [1.165, 1.54) is 32.1 Å². The van der Waals surface area contributed by atoms with E-state index in [0.717, 1.165) is 25.7 Å². The predicted octanol–water partition coefficient (Wildman–Crippen LogP) is 2.44. The van der Waals surface area contributed by atoms with Gasteiger partial charge in [-0.15, -0.1) is 0 Å². The molecule has 0 aromatic carbocycles. The molecule has 2 atom stereocenters. The molecule has 0 spiro atoms. The minimum absolute atomic E-state index is 0.330. The number of nitrogens with zero attached hydrogens (tertiary/aromatic N) is 1. The number of rotatable bonds is 5. The van der Waals surface area contributed by atoms with Crippen molar-refractivity contribution in [3.8, 4) is 0 Å². The molecule has 0 aromatic rings. The predicted molar refractivity (Wildman–Crippen MR) is 69.6 cm³/mol. The number of hydrogen-bond donors (Lipinski definition) is 1. The average molecular weight is 238 g/mol. The molecule has 2 bridgehead atoms. The van der Waals surface area contributed by atoms with Crippen LogP contribution in [0.15, 0.2) is 0 Å². The zero-order valence-electron chi connectivity index (χ0n) is 11.0. The summed E-state index contributed by atoms with van der Waals surface area (Å²) < 4.78 is 0. The minimum Gasteiger partial charge on any atom is -0.337 e. The Morgan fingerprint density at radius 3 is 2.41 bits per heavy atom. The van der Waals surface area contributed by atoms with Gasteiger partial charge in [-0.1, -0.05) is 26.2 Å². The van der Waals surface area contributed by atoms with Crippen LogP contribution in [0.3, 0.4) is 0 Å². The molecular weight excluding hydrogens is 212 g/mol. The molecule has 2 aliphatic rings. The van der Waals surface area contributed by atoms with E-state index in [1.807, 2.05) is 0 Å². The fourth-order valence-electron chi connectivity index (χ4n) is 3.46. The molecule has 0 aromatic heterocycles. The van der Waals surface area contributed by atoms with E-state index in [9.17, 15) is 4.79 Å². The molecule has 2 saturated heterocycles. The fourth-order valence-corrected chi connectivity index (χ4v) is 3.46. The summed E-state index contributed by atoms with van der Waals surface area (Å²) in [6.07, 6.45) is 9.91. The van der Waals surface area contributed by atoms with Crippen LogP contribution in [-0.4, -0.2) is 28.9 Å². The Bertz CT molecular complexity index is 253. The molecule has 0 aliphatic carbocycles. The minimum atomic E-state index is 0.330. The van der Waals surface area contributed by atoms with E-state index in [4.69, 9.17) is 5.73 Å². The number of amides is 1. The summed E-state index contributed by atoms with van der Waals surface area (Å²) in [5.41, 5.74) is 6.02. The third kappa shape index (κ3) is 3.01. The second-order valence-electron chi connectivity index (χ2n) is 5.73. The molecule has 2 heterocycles. The van der Waals surface area contributed by atoms with Crippen LogP contribution >= 0.6 is 0 Å². The first-order valence-corrected chi connectivity index (χ1v) is 7.29. The van der Waals surface area contributed by atoms with Gasteiger partial charge in [0.05, 0.1) is 0 Å². The molecule has 2 unspecified atom stereocenters. The topological polar surface area (TPSA) is 46.3 Å². The molecule has 3 heteroatoms. The van der Waals surface area contributed by atoms with Crippen LogP contribution in [0.1, 0.15) is 64.7 Å². The summed E-state index contributed by atoms with van der Waals surface area (Å²) in [6.45, 7) is 2.20. The average Bonchev–Trinajstić information content (AvgIpc) is 2.57. The molecule has 0 saturated carbocycles. The van der Waals surface area contributed by atoms with Crippen LogP contribution in [0.5, 0.6) is 0 Å². The van der Waals surface area contributed by atoms with Crippen LogP contribution < -0.4 is 5.73 Å². The Morgan fingerprint density at radius 1 is 1.18 bits per heavy atom. The van der Waals surface area contributed by atoms with Crippen molar-refractivity contribution < 1.29 is 4.79 Å². The zero-order valence-corrected chi connectivity index (χ0v) is 11.0. The Kier molecular flexibility index (Phi) is 4.43. The van der Waals surface area contributed by atoms with Crippen molar-refractivity contribution in [2.75, 3.05) is 0 Å². The van der Waals surface area contributed by atoms with Crippen molar-refractivity contribution in [2.45, 2.75) is 82.8 Å². The lowest BCUT2D eigenvalue weighted by atomic mass is 9.97. The van der Waals surface area contributed by atoms with E-state index in [2.05, 4.69) is 11.8 Å². The number of fused-ring (bicyclic) bond motifs is 2. The quantitative estimate of drug-likeness (QED) is 0.748. The second-order valence-corrected chi connectivity index (χ2v) is 5.73. The molecule has 2 fully saturated rings. The van der Waals surface area contributed by atoms with E-state index >= 15 is 0 Å². The van der Waals surface area contributed by atoms with Crippen LogP contribution in [-0.2, 0) is 4.79 Å². The Balaban J connectivity index is 1.80. The van der Waals surface area contributed by atoms with Crippen LogP contribution in [0.2, 0.25) is 0 Å². The van der Waals surface area contributed by atoms with Crippen molar-refractivity contribution in [3.05, 3.63) is 0 Å². The van der Waals surface area contributed by atoms with Gasteiger partial charge in [0.2, 0.25) is 5.91 Å². The number of unbranched alkanes of at least 4 members (excludes halogenated alkanes) is 3. The Morgan fingerprint density at radius 2 is 1.82 bits per heavy atom. The van der Waals surface area contributed by atoms with Gasteiger partial charge in [-0.3, -0.25) is 4.79 Å². The van der Waals surface area contributed by atoms with Gasteiger partial charge in [-0.2, -0.15) is 0 Å². The van der Waals surface area contributed by atoms with Gasteiger partial charge in [0.1, 0.15) is 0 Å². The molecule has 2 rings (SSSR count). The third-order valence-corrected chi connectivity index (χ3v) is 4.30. The largest absolute Gasteiger partial charge is 0.337 e. The maximum absolute atomic E-state index is 12.2. The van der Waals surface area contributed by atoms with Crippen LogP contribution in [0.25, 0.3) is 0 Å². The van der Waals surface area contributed by atoms with Gasteiger partial charge in [0, 0.05) is 24.5 Å². The summed E-state index contributed by atoms with van der Waals surface area (Å²) in [5, 5.41) is 0. The highest BCUT2D eigenvalue weighted by Gasteiger charge is 2.41. The maximum atomic E-state index is 12.2. The number of carbonyl (C=O) groups excluding carboxylic acids is 1. The second kappa shape index (κ2) is 5.85. The molecule has 1 amide bonds. The highest BCUT2D eigenvalue weighted by Crippen LogP contribution is 2.35. The normalized spacial score (nSPS) is 31.9. The molecule has 2 aliphatic heterocycles.